The average Bonchev–Trinajstić information content (AvgIpc) is 2.95. The number of rotatable bonds is 2. The van der Waals surface area contributed by atoms with Crippen LogP contribution in [0.1, 0.15) is 21.7 Å². The lowest BCUT2D eigenvalue weighted by molar-refractivity contribution is 0.0771. The van der Waals surface area contributed by atoms with Crippen LogP contribution in [-0.2, 0) is 0 Å². The zero-order valence-corrected chi connectivity index (χ0v) is 15.4. The van der Waals surface area contributed by atoms with Gasteiger partial charge in [0.1, 0.15) is 13.2 Å². The fourth-order valence-corrected chi connectivity index (χ4v) is 4.39. The molecule has 0 unspecified atom stereocenters. The number of carbonyl (C=O) groups is 1. The molecule has 2 aliphatic heterocycles. The third kappa shape index (κ3) is 2.99. The number of amides is 1. The number of fused-ring (bicyclic) bond motifs is 1. The molecule has 0 bridgehead atoms. The second kappa shape index (κ2) is 6.67. The predicted octanol–water partition coefficient (Wildman–Crippen LogP) is 3.05. The molecule has 0 saturated carbocycles. The topological polar surface area (TPSA) is 43.7 Å². The number of hydrogen-bond donors (Lipinski definition) is 0. The van der Waals surface area contributed by atoms with Crippen LogP contribution in [0, 0.1) is 13.8 Å². The monoisotopic (exact) mass is 358 g/mol. The van der Waals surface area contributed by atoms with Crippen molar-refractivity contribution in [2.45, 2.75) is 13.8 Å². The Kier molecular flexibility index (Phi) is 4.37. The molecule has 4 rings (SSSR count). The SMILES string of the molecule is Cc1cc(C(=O)N2CCSCC2)c(C)n1-c1ccc2c(c1)OCCO2. The van der Waals surface area contributed by atoms with Crippen LogP contribution in [0.25, 0.3) is 5.69 Å². The summed E-state index contributed by atoms with van der Waals surface area (Å²) in [4.78, 5) is 14.9. The summed E-state index contributed by atoms with van der Waals surface area (Å²) < 4.78 is 13.4. The molecule has 3 heterocycles. The van der Waals surface area contributed by atoms with E-state index in [4.69, 9.17) is 9.47 Å². The minimum absolute atomic E-state index is 0.136. The van der Waals surface area contributed by atoms with Crippen molar-refractivity contribution in [2.75, 3.05) is 37.8 Å². The Morgan fingerprint density at radius 3 is 2.52 bits per heavy atom. The molecule has 5 nitrogen and oxygen atoms in total. The lowest BCUT2D eigenvalue weighted by Gasteiger charge is -2.26. The van der Waals surface area contributed by atoms with Gasteiger partial charge >= 0.3 is 0 Å². The van der Waals surface area contributed by atoms with Gasteiger partial charge in [-0.15, -0.1) is 0 Å². The summed E-state index contributed by atoms with van der Waals surface area (Å²) in [5.74, 6) is 3.72. The van der Waals surface area contributed by atoms with Crippen molar-refractivity contribution in [1.82, 2.24) is 9.47 Å². The Balaban J connectivity index is 1.69. The fraction of sp³-hybridized carbons (Fsp3) is 0.421. The van der Waals surface area contributed by atoms with Gasteiger partial charge in [-0.3, -0.25) is 4.79 Å². The molecule has 0 N–H and O–H groups in total. The van der Waals surface area contributed by atoms with Gasteiger partial charge in [0.2, 0.25) is 0 Å². The number of hydrogen-bond acceptors (Lipinski definition) is 4. The van der Waals surface area contributed by atoms with E-state index in [0.717, 1.165) is 58.7 Å². The van der Waals surface area contributed by atoms with Crippen LogP contribution in [-0.4, -0.2) is 53.2 Å². The summed E-state index contributed by atoms with van der Waals surface area (Å²) in [6.07, 6.45) is 0. The van der Waals surface area contributed by atoms with Gasteiger partial charge in [0.25, 0.3) is 5.91 Å². The summed E-state index contributed by atoms with van der Waals surface area (Å²) in [6.45, 7) is 6.86. The molecule has 2 aromatic rings. The van der Waals surface area contributed by atoms with Crippen LogP contribution in [0.2, 0.25) is 0 Å². The molecule has 0 spiro atoms. The second-order valence-electron chi connectivity index (χ2n) is 6.35. The molecule has 132 valence electrons. The molecule has 1 fully saturated rings. The first-order valence-electron chi connectivity index (χ1n) is 8.61. The maximum absolute atomic E-state index is 12.9. The highest BCUT2D eigenvalue weighted by Crippen LogP contribution is 2.33. The molecule has 1 aromatic heterocycles. The first kappa shape index (κ1) is 16.4. The normalized spacial score (nSPS) is 16.8. The van der Waals surface area contributed by atoms with Gasteiger partial charge in [0.15, 0.2) is 11.5 Å². The van der Waals surface area contributed by atoms with E-state index in [-0.39, 0.29) is 5.91 Å². The van der Waals surface area contributed by atoms with Crippen LogP contribution in [0.4, 0.5) is 0 Å². The van der Waals surface area contributed by atoms with E-state index in [1.807, 2.05) is 54.8 Å². The van der Waals surface area contributed by atoms with Crippen LogP contribution < -0.4 is 9.47 Å². The van der Waals surface area contributed by atoms with Crippen molar-refractivity contribution in [2.24, 2.45) is 0 Å². The van der Waals surface area contributed by atoms with Gasteiger partial charge in [-0.05, 0) is 32.0 Å². The second-order valence-corrected chi connectivity index (χ2v) is 7.58. The first-order chi connectivity index (χ1) is 12.1. The van der Waals surface area contributed by atoms with Gasteiger partial charge in [0, 0.05) is 47.7 Å². The lowest BCUT2D eigenvalue weighted by Crippen LogP contribution is -2.38. The number of thioether (sulfide) groups is 1. The smallest absolute Gasteiger partial charge is 0.255 e. The molecule has 6 heteroatoms. The summed E-state index contributed by atoms with van der Waals surface area (Å²) in [6, 6.07) is 7.93. The highest BCUT2D eigenvalue weighted by Gasteiger charge is 2.24. The third-order valence-electron chi connectivity index (χ3n) is 4.74. The Morgan fingerprint density at radius 1 is 1.04 bits per heavy atom. The maximum Gasteiger partial charge on any atom is 0.255 e. The third-order valence-corrected chi connectivity index (χ3v) is 5.69. The number of ether oxygens (including phenoxy) is 2. The van der Waals surface area contributed by atoms with Crippen LogP contribution in [0.15, 0.2) is 24.3 Å². The van der Waals surface area contributed by atoms with Gasteiger partial charge in [-0.1, -0.05) is 0 Å². The molecule has 1 aromatic carbocycles. The zero-order chi connectivity index (χ0) is 17.4. The van der Waals surface area contributed by atoms with E-state index in [0.29, 0.717) is 13.2 Å². The standard InChI is InChI=1S/C19H22N2O3S/c1-13-11-16(19(22)20-5-9-25-10-6-20)14(2)21(13)15-3-4-17-18(12-15)24-8-7-23-17/h3-4,11-12H,5-10H2,1-2H3. The fourth-order valence-electron chi connectivity index (χ4n) is 3.48. The zero-order valence-electron chi connectivity index (χ0n) is 14.6. The van der Waals surface area contributed by atoms with Gasteiger partial charge in [-0.2, -0.15) is 11.8 Å². The molecule has 25 heavy (non-hydrogen) atoms. The average molecular weight is 358 g/mol. The van der Waals surface area contributed by atoms with Crippen LogP contribution >= 0.6 is 11.8 Å². The van der Waals surface area contributed by atoms with E-state index < -0.39 is 0 Å². The van der Waals surface area contributed by atoms with Crippen molar-refractivity contribution >= 4 is 17.7 Å². The Bertz CT molecular complexity index is 809. The quantitative estimate of drug-likeness (QED) is 0.828. The van der Waals surface area contributed by atoms with E-state index in [2.05, 4.69) is 4.57 Å². The molecular weight excluding hydrogens is 336 g/mol. The van der Waals surface area contributed by atoms with Crippen molar-refractivity contribution in [3.63, 3.8) is 0 Å². The number of nitrogens with zero attached hydrogens (tertiary/aromatic N) is 2. The Hall–Kier alpha value is -2.08. The van der Waals surface area contributed by atoms with E-state index in [1.54, 1.807) is 0 Å². The number of carbonyl (C=O) groups excluding carboxylic acids is 1. The first-order valence-corrected chi connectivity index (χ1v) is 9.76. The summed E-state index contributed by atoms with van der Waals surface area (Å²) in [7, 11) is 0. The Morgan fingerprint density at radius 2 is 1.76 bits per heavy atom. The predicted molar refractivity (Wildman–Crippen MR) is 99.5 cm³/mol. The minimum Gasteiger partial charge on any atom is -0.486 e. The van der Waals surface area contributed by atoms with E-state index in [1.165, 1.54) is 0 Å². The highest BCUT2D eigenvalue weighted by molar-refractivity contribution is 7.99. The van der Waals surface area contributed by atoms with Crippen LogP contribution in [0.5, 0.6) is 11.5 Å². The molecule has 0 aliphatic carbocycles. The van der Waals surface area contributed by atoms with Crippen molar-refractivity contribution in [3.05, 3.63) is 41.2 Å². The number of aromatic nitrogens is 1. The molecule has 1 amide bonds. The summed E-state index contributed by atoms with van der Waals surface area (Å²) in [5, 5.41) is 0. The molecule has 2 aliphatic rings. The Labute approximate surface area is 151 Å². The number of benzene rings is 1. The maximum atomic E-state index is 12.9. The summed E-state index contributed by atoms with van der Waals surface area (Å²) >= 11 is 1.91. The van der Waals surface area contributed by atoms with Crippen LogP contribution in [0.3, 0.4) is 0 Å². The molecular formula is C19H22N2O3S. The lowest BCUT2D eigenvalue weighted by atomic mass is 10.2. The molecule has 0 atom stereocenters. The molecule has 0 radical (unpaired) electrons. The van der Waals surface area contributed by atoms with Crippen molar-refractivity contribution in [1.29, 1.82) is 0 Å². The van der Waals surface area contributed by atoms with Crippen molar-refractivity contribution < 1.29 is 14.3 Å². The van der Waals surface area contributed by atoms with Gasteiger partial charge < -0.3 is 18.9 Å². The van der Waals surface area contributed by atoms with E-state index in [9.17, 15) is 4.79 Å². The highest BCUT2D eigenvalue weighted by atomic mass is 32.2. The summed E-state index contributed by atoms with van der Waals surface area (Å²) in [5.41, 5.74) is 3.80. The largest absolute Gasteiger partial charge is 0.486 e. The molecule has 1 saturated heterocycles. The van der Waals surface area contributed by atoms with Gasteiger partial charge in [0.05, 0.1) is 5.56 Å². The minimum atomic E-state index is 0.136. The number of aryl methyl sites for hydroxylation is 1. The van der Waals surface area contributed by atoms with E-state index >= 15 is 0 Å². The van der Waals surface area contributed by atoms with Crippen molar-refractivity contribution in [3.8, 4) is 17.2 Å². The van der Waals surface area contributed by atoms with Gasteiger partial charge in [-0.25, -0.2) is 0 Å².